The van der Waals surface area contributed by atoms with Gasteiger partial charge in [0.1, 0.15) is 17.1 Å². The van der Waals surface area contributed by atoms with Crippen molar-refractivity contribution >= 4 is 17.4 Å². The van der Waals surface area contributed by atoms with Crippen LogP contribution in [0.4, 0.5) is 0 Å². The van der Waals surface area contributed by atoms with Crippen LogP contribution in [0.25, 0.3) is 0 Å². The van der Waals surface area contributed by atoms with Gasteiger partial charge in [-0.15, -0.1) is 0 Å². The van der Waals surface area contributed by atoms with Gasteiger partial charge >= 0.3 is 0 Å². The highest BCUT2D eigenvalue weighted by molar-refractivity contribution is 7.78. The quantitative estimate of drug-likeness (QED) is 0.233. The minimum atomic E-state index is -0.253. The number of isothiocyanates is 1. The molecule has 0 radical (unpaired) electrons. The van der Waals surface area contributed by atoms with E-state index in [1.807, 2.05) is 0 Å². The monoisotopic (exact) mass is 471 g/mol. The molecule has 182 valence electrons. The van der Waals surface area contributed by atoms with Crippen molar-refractivity contribution in [2.75, 3.05) is 13.2 Å². The lowest BCUT2D eigenvalue weighted by molar-refractivity contribution is -0.0211. The van der Waals surface area contributed by atoms with Crippen LogP contribution in [-0.4, -0.2) is 34.1 Å². The Morgan fingerprint density at radius 2 is 1.88 bits per heavy atom. The lowest BCUT2D eigenvalue weighted by atomic mass is 9.63. The third-order valence-electron chi connectivity index (χ3n) is 8.89. The molecule has 3 atom stereocenters. The molecule has 0 amide bonds. The topological polar surface area (TPSA) is 62.0 Å². The zero-order chi connectivity index (χ0) is 23.5. The summed E-state index contributed by atoms with van der Waals surface area (Å²) in [5.74, 6) is 2.27. The number of hydrogen-bond acceptors (Lipinski definition) is 5. The largest absolute Gasteiger partial charge is 0.508 e. The first-order valence-electron chi connectivity index (χ1n) is 13.1. The van der Waals surface area contributed by atoms with E-state index >= 15 is 0 Å². The summed E-state index contributed by atoms with van der Waals surface area (Å²) in [7, 11) is 0. The molecule has 4 rings (SSSR count). The Hall–Kier alpha value is -1.42. The van der Waals surface area contributed by atoms with Crippen molar-refractivity contribution in [1.82, 2.24) is 0 Å². The maximum atomic E-state index is 11.3. The molecule has 2 saturated carbocycles. The highest BCUT2D eigenvalue weighted by atomic mass is 32.1. The Morgan fingerprint density at radius 1 is 1.12 bits per heavy atom. The Kier molecular flexibility index (Phi) is 7.83. The number of aliphatic imine (C=N–C) groups is 1. The molecular formula is C28H41NO3S. The predicted molar refractivity (Wildman–Crippen MR) is 137 cm³/mol. The number of unbranched alkanes of at least 4 members (excludes halogenated alkanes) is 3. The van der Waals surface area contributed by atoms with Crippen LogP contribution >= 0.6 is 12.2 Å². The van der Waals surface area contributed by atoms with E-state index in [0.29, 0.717) is 17.6 Å². The highest BCUT2D eigenvalue weighted by Crippen LogP contribution is 2.57. The molecule has 5 heteroatoms. The molecule has 0 saturated heterocycles. The van der Waals surface area contributed by atoms with Crippen LogP contribution < -0.4 is 4.74 Å². The van der Waals surface area contributed by atoms with Crippen LogP contribution in [0.5, 0.6) is 11.5 Å². The number of benzene rings is 1. The Balaban J connectivity index is 1.56. The molecule has 1 aromatic carbocycles. The van der Waals surface area contributed by atoms with Crippen LogP contribution in [0.15, 0.2) is 17.1 Å². The summed E-state index contributed by atoms with van der Waals surface area (Å²) < 4.78 is 6.62. The molecule has 2 fully saturated rings. The minimum absolute atomic E-state index is 0.156. The van der Waals surface area contributed by atoms with Gasteiger partial charge in [-0.3, -0.25) is 0 Å². The minimum Gasteiger partial charge on any atom is -0.508 e. The number of thiocarbonyl (C=S) groups is 1. The number of aliphatic hydroxyl groups is 1. The maximum Gasteiger partial charge on any atom is 0.127 e. The number of aliphatic hydroxyl groups excluding tert-OH is 1. The fourth-order valence-corrected chi connectivity index (χ4v) is 7.19. The van der Waals surface area contributed by atoms with Gasteiger partial charge in [-0.1, -0.05) is 32.1 Å². The van der Waals surface area contributed by atoms with Gasteiger partial charge in [-0.05, 0) is 106 Å². The first-order chi connectivity index (χ1) is 15.9. The maximum absolute atomic E-state index is 11.3. The molecule has 0 bridgehead atoms. The van der Waals surface area contributed by atoms with Crippen LogP contribution in [0.2, 0.25) is 0 Å². The smallest absolute Gasteiger partial charge is 0.127 e. The van der Waals surface area contributed by atoms with Gasteiger partial charge in [-0.25, -0.2) is 4.99 Å². The highest BCUT2D eigenvalue weighted by Gasteiger charge is 2.48. The number of rotatable bonds is 9. The van der Waals surface area contributed by atoms with Gasteiger partial charge in [0.2, 0.25) is 0 Å². The lowest BCUT2D eigenvalue weighted by Crippen LogP contribution is -2.47. The standard InChI is InChI=1S/C28H41NO3S/c1-27(2)23-10-9-20(18-30)15-22(23)26-24(31)16-21(17-25(26)32-27)28(12-6-7-13-28)11-5-3-4-8-14-29-19-33/h16-17,20,22-23,30-31H,3-15,18H2,1-2H3/t20-,22-,23-/m1/s1. The fraction of sp³-hybridized carbons (Fsp3) is 0.750. The molecular weight excluding hydrogens is 430 g/mol. The van der Waals surface area contributed by atoms with Gasteiger partial charge in [0.25, 0.3) is 0 Å². The molecule has 2 aliphatic carbocycles. The van der Waals surface area contributed by atoms with E-state index in [0.717, 1.165) is 43.5 Å². The molecule has 4 nitrogen and oxygen atoms in total. The average molecular weight is 472 g/mol. The Morgan fingerprint density at radius 3 is 2.61 bits per heavy atom. The summed E-state index contributed by atoms with van der Waals surface area (Å²) in [4.78, 5) is 4.02. The second-order valence-corrected chi connectivity index (χ2v) is 11.5. The summed E-state index contributed by atoms with van der Waals surface area (Å²) >= 11 is 4.65. The number of phenolic OH excluding ortho intramolecular Hbond substituents is 1. The van der Waals surface area contributed by atoms with E-state index in [4.69, 9.17) is 4.74 Å². The van der Waals surface area contributed by atoms with Crippen LogP contribution in [0, 0.1) is 11.8 Å². The number of hydrogen-bond donors (Lipinski definition) is 2. The van der Waals surface area contributed by atoms with Gasteiger partial charge in [0.15, 0.2) is 0 Å². The first-order valence-corrected chi connectivity index (χ1v) is 13.5. The van der Waals surface area contributed by atoms with Crippen molar-refractivity contribution < 1.29 is 14.9 Å². The van der Waals surface area contributed by atoms with Crippen LogP contribution in [0.1, 0.15) is 108 Å². The number of fused-ring (bicyclic) bond motifs is 3. The molecule has 0 spiro atoms. The van der Waals surface area contributed by atoms with E-state index in [9.17, 15) is 10.2 Å². The van der Waals surface area contributed by atoms with Crippen molar-refractivity contribution in [1.29, 1.82) is 0 Å². The molecule has 1 aliphatic heterocycles. The average Bonchev–Trinajstić information content (AvgIpc) is 3.27. The Labute approximate surface area is 204 Å². The van der Waals surface area contributed by atoms with E-state index in [1.54, 1.807) is 0 Å². The van der Waals surface area contributed by atoms with E-state index in [2.05, 4.69) is 48.4 Å². The number of ether oxygens (including phenoxy) is 1. The van der Waals surface area contributed by atoms with Gasteiger partial charge in [0, 0.05) is 24.6 Å². The van der Waals surface area contributed by atoms with Gasteiger partial charge < -0.3 is 14.9 Å². The van der Waals surface area contributed by atoms with Crippen LogP contribution in [0.3, 0.4) is 0 Å². The number of nitrogens with zero attached hydrogens (tertiary/aromatic N) is 1. The zero-order valence-corrected chi connectivity index (χ0v) is 21.3. The van der Waals surface area contributed by atoms with Crippen molar-refractivity contribution in [2.45, 2.75) is 108 Å². The summed E-state index contributed by atoms with van der Waals surface area (Å²) in [6.45, 7) is 5.44. The van der Waals surface area contributed by atoms with Crippen LogP contribution in [-0.2, 0) is 5.41 Å². The van der Waals surface area contributed by atoms with Crippen molar-refractivity contribution in [2.24, 2.45) is 16.8 Å². The molecule has 2 N–H and O–H groups in total. The van der Waals surface area contributed by atoms with E-state index < -0.39 is 0 Å². The van der Waals surface area contributed by atoms with Gasteiger partial charge in [0.05, 0.1) is 5.16 Å². The Bertz CT molecular complexity index is 870. The molecule has 1 heterocycles. The normalized spacial score (nSPS) is 27.2. The lowest BCUT2D eigenvalue weighted by Gasteiger charge is -2.49. The summed E-state index contributed by atoms with van der Waals surface area (Å²) in [6, 6.07) is 4.34. The third-order valence-corrected chi connectivity index (χ3v) is 9.02. The molecule has 1 aromatic rings. The molecule has 3 aliphatic rings. The second kappa shape index (κ2) is 10.5. The fourth-order valence-electron chi connectivity index (χ4n) is 7.10. The van der Waals surface area contributed by atoms with Crippen molar-refractivity contribution in [3.8, 4) is 11.5 Å². The molecule has 0 aromatic heterocycles. The third kappa shape index (κ3) is 5.16. The van der Waals surface area contributed by atoms with Crippen molar-refractivity contribution in [3.63, 3.8) is 0 Å². The summed E-state index contributed by atoms with van der Waals surface area (Å²) in [5.41, 5.74) is 2.17. The van der Waals surface area contributed by atoms with E-state index in [-0.39, 0.29) is 23.5 Å². The first kappa shape index (κ1) is 24.7. The van der Waals surface area contributed by atoms with Gasteiger partial charge in [-0.2, -0.15) is 0 Å². The second-order valence-electron chi connectivity index (χ2n) is 11.3. The number of aromatic hydroxyl groups is 1. The SMILES string of the molecule is CC1(C)Oc2cc(C3(CCCCCCN=C=S)CCCC3)cc(O)c2[C@@H]2C[C@H](CO)CC[C@H]21. The summed E-state index contributed by atoms with van der Waals surface area (Å²) in [6.07, 6.45) is 13.8. The van der Waals surface area contributed by atoms with Crippen molar-refractivity contribution in [3.05, 3.63) is 23.3 Å². The molecule has 0 unspecified atom stereocenters. The number of phenols is 1. The molecule has 33 heavy (non-hydrogen) atoms. The predicted octanol–water partition coefficient (Wildman–Crippen LogP) is 6.92. The zero-order valence-electron chi connectivity index (χ0n) is 20.4. The van der Waals surface area contributed by atoms with E-state index in [1.165, 1.54) is 56.9 Å². The summed E-state index contributed by atoms with van der Waals surface area (Å²) in [5, 5.41) is 23.6.